The van der Waals surface area contributed by atoms with E-state index < -0.39 is 11.9 Å². The molecule has 0 aliphatic heterocycles. The first-order chi connectivity index (χ1) is 20.2. The van der Waals surface area contributed by atoms with Gasteiger partial charge in [-0.2, -0.15) is 5.10 Å². The zero-order valence-electron chi connectivity index (χ0n) is 22.7. The van der Waals surface area contributed by atoms with Crippen molar-refractivity contribution in [3.8, 4) is 28.1 Å². The summed E-state index contributed by atoms with van der Waals surface area (Å²) in [6.45, 7) is 13.3. The second kappa shape index (κ2) is 10.6. The van der Waals surface area contributed by atoms with E-state index in [2.05, 4.69) is 14.8 Å². The predicted octanol–water partition coefficient (Wildman–Crippen LogP) is 7.16. The van der Waals surface area contributed by atoms with Gasteiger partial charge in [0.1, 0.15) is 39.4 Å². The topological polar surface area (TPSA) is 105 Å². The Morgan fingerprint density at radius 2 is 1.93 bits per heavy atom. The van der Waals surface area contributed by atoms with E-state index in [1.807, 2.05) is 26.8 Å². The van der Waals surface area contributed by atoms with Crippen LogP contribution in [0.5, 0.6) is 5.75 Å². The van der Waals surface area contributed by atoms with Crippen LogP contribution in [0.3, 0.4) is 0 Å². The van der Waals surface area contributed by atoms with E-state index in [4.69, 9.17) is 33.7 Å². The molecule has 0 saturated heterocycles. The molecule has 0 unspecified atom stereocenters. The van der Waals surface area contributed by atoms with E-state index in [1.54, 1.807) is 40.4 Å². The third-order valence-corrected chi connectivity index (χ3v) is 8.15. The largest absolute Gasteiger partial charge is 0.502 e. The molecule has 42 heavy (non-hydrogen) atoms. The van der Waals surface area contributed by atoms with Gasteiger partial charge in [0.05, 0.1) is 29.7 Å². The number of anilines is 1. The van der Waals surface area contributed by atoms with Crippen molar-refractivity contribution in [3.63, 3.8) is 0 Å². The molecule has 0 bridgehead atoms. The number of hydrogen-bond acceptors (Lipinski definition) is 7. The summed E-state index contributed by atoms with van der Waals surface area (Å²) in [4.78, 5) is 26.8. The molecule has 0 fully saturated rings. The van der Waals surface area contributed by atoms with Crippen molar-refractivity contribution in [1.29, 1.82) is 0 Å². The highest BCUT2D eigenvalue weighted by Gasteiger charge is 2.26. The minimum absolute atomic E-state index is 0.104. The molecule has 0 aliphatic carbocycles. The van der Waals surface area contributed by atoms with Gasteiger partial charge in [-0.25, -0.2) is 23.9 Å². The minimum atomic E-state index is -0.559. The molecular weight excluding hydrogens is 577 g/mol. The van der Waals surface area contributed by atoms with Gasteiger partial charge in [0.15, 0.2) is 5.65 Å². The van der Waals surface area contributed by atoms with Crippen molar-refractivity contribution >= 4 is 50.3 Å². The highest BCUT2D eigenvalue weighted by atomic mass is 35.5. The number of ether oxygens (including phenoxy) is 1. The summed E-state index contributed by atoms with van der Waals surface area (Å²) in [7, 11) is 0. The fourth-order valence-corrected chi connectivity index (χ4v) is 6.18. The maximum Gasteiger partial charge on any atom is 0.265 e. The molecule has 6 aromatic rings. The van der Waals surface area contributed by atoms with Crippen LogP contribution in [0, 0.1) is 12.4 Å². The van der Waals surface area contributed by atoms with E-state index in [9.17, 15) is 9.18 Å². The van der Waals surface area contributed by atoms with Gasteiger partial charge in [0, 0.05) is 5.38 Å². The monoisotopic (exact) mass is 599 g/mol. The number of rotatable bonds is 6. The first-order valence-electron chi connectivity index (χ1n) is 12.9. The quantitative estimate of drug-likeness (QED) is 0.204. The van der Waals surface area contributed by atoms with Crippen LogP contribution in [0.4, 0.5) is 15.9 Å². The molecular formula is C30H23ClFN7O2S. The van der Waals surface area contributed by atoms with E-state index in [-0.39, 0.29) is 28.2 Å². The van der Waals surface area contributed by atoms with Crippen molar-refractivity contribution in [2.24, 2.45) is 0 Å². The third-order valence-electron chi connectivity index (χ3n) is 6.86. The van der Waals surface area contributed by atoms with Crippen molar-refractivity contribution < 1.29 is 9.13 Å². The third kappa shape index (κ3) is 4.55. The Labute approximate surface area is 248 Å². The molecule has 0 radical (unpaired) electrons. The summed E-state index contributed by atoms with van der Waals surface area (Å²) >= 11 is 7.69. The lowest BCUT2D eigenvalue weighted by Crippen LogP contribution is -2.20. The number of halogens is 2. The Bertz CT molecular complexity index is 2110. The first kappa shape index (κ1) is 27.4. The SMILES string of the molecule is [C-]#[N+]c1cc(-c2nn([C@@H](C)c3cc4scc(Cl)n4c(=O)c3-c3cccc(F)c3)c3ncnc(N)c23)ccc1OC(C)C. The molecule has 210 valence electrons. The van der Waals surface area contributed by atoms with Gasteiger partial charge in [0.2, 0.25) is 5.69 Å². The number of nitrogens with zero attached hydrogens (tertiary/aromatic N) is 6. The van der Waals surface area contributed by atoms with E-state index >= 15 is 0 Å². The van der Waals surface area contributed by atoms with Gasteiger partial charge in [0.25, 0.3) is 5.56 Å². The summed E-state index contributed by atoms with van der Waals surface area (Å²) in [6, 6.07) is 12.4. The standard InChI is InChI=1S/C30H23ClFN7O2S/c1-15(2)41-22-9-8-18(11-21(22)34-4)27-26-28(33)35-14-36-29(26)39(37-27)16(3)20-12-24-38(23(31)13-42-24)30(40)25(20)17-6-5-7-19(32)10-17/h5-16H,1-3H3,(H2,33,35,36)/t16-/m0/s1. The Morgan fingerprint density at radius 1 is 1.12 bits per heavy atom. The number of thiazole rings is 1. The molecule has 0 aliphatic rings. The highest BCUT2D eigenvalue weighted by Crippen LogP contribution is 2.39. The van der Waals surface area contributed by atoms with Crippen molar-refractivity contribution in [1.82, 2.24) is 24.1 Å². The Kier molecular flexibility index (Phi) is 6.88. The van der Waals surface area contributed by atoms with E-state index in [0.717, 1.165) is 0 Å². The number of pyridine rings is 1. The average Bonchev–Trinajstić information content (AvgIpc) is 3.54. The highest BCUT2D eigenvalue weighted by molar-refractivity contribution is 7.16. The lowest BCUT2D eigenvalue weighted by Gasteiger charge is -2.18. The maximum atomic E-state index is 14.4. The molecule has 4 aromatic heterocycles. The molecule has 2 N–H and O–H groups in total. The van der Waals surface area contributed by atoms with Gasteiger partial charge >= 0.3 is 0 Å². The molecule has 4 heterocycles. The number of fused-ring (bicyclic) bond motifs is 2. The fourth-order valence-electron chi connectivity index (χ4n) is 5.02. The van der Waals surface area contributed by atoms with Crippen LogP contribution < -0.4 is 16.0 Å². The molecule has 0 saturated carbocycles. The van der Waals surface area contributed by atoms with Crippen molar-refractivity contribution in [3.05, 3.63) is 98.5 Å². The Hall–Kier alpha value is -4.79. The molecule has 6 rings (SSSR count). The molecule has 12 heteroatoms. The molecule has 1 atom stereocenters. The van der Waals surface area contributed by atoms with Gasteiger partial charge < -0.3 is 10.5 Å². The second-order valence-electron chi connectivity index (χ2n) is 9.91. The minimum Gasteiger partial charge on any atom is -0.502 e. The summed E-state index contributed by atoms with van der Waals surface area (Å²) < 4.78 is 23.2. The number of aromatic nitrogens is 5. The first-order valence-corrected chi connectivity index (χ1v) is 14.2. The fraction of sp³-hybridized carbons (Fsp3) is 0.167. The summed E-state index contributed by atoms with van der Waals surface area (Å²) in [5.41, 5.74) is 9.14. The summed E-state index contributed by atoms with van der Waals surface area (Å²) in [5.74, 6) is 0.208. The van der Waals surface area contributed by atoms with Crippen LogP contribution in [0.2, 0.25) is 5.15 Å². The second-order valence-corrected chi connectivity index (χ2v) is 11.2. The average molecular weight is 600 g/mol. The summed E-state index contributed by atoms with van der Waals surface area (Å²) in [5, 5.41) is 7.36. The van der Waals surface area contributed by atoms with Crippen LogP contribution in [0.25, 0.3) is 43.1 Å². The van der Waals surface area contributed by atoms with Crippen LogP contribution >= 0.6 is 22.9 Å². The van der Waals surface area contributed by atoms with Crippen molar-refractivity contribution in [2.75, 3.05) is 5.73 Å². The number of nitrogen functional groups attached to an aromatic ring is 1. The molecule has 2 aromatic carbocycles. The zero-order chi connectivity index (χ0) is 29.7. The smallest absolute Gasteiger partial charge is 0.265 e. The molecule has 0 amide bonds. The van der Waals surface area contributed by atoms with E-state index in [0.29, 0.717) is 49.7 Å². The summed E-state index contributed by atoms with van der Waals surface area (Å²) in [6.07, 6.45) is 1.24. The number of nitrogens with two attached hydrogens (primary N) is 1. The lowest BCUT2D eigenvalue weighted by atomic mass is 9.97. The van der Waals surface area contributed by atoms with Crippen molar-refractivity contribution in [2.45, 2.75) is 32.9 Å². The number of hydrogen-bond donors (Lipinski definition) is 1. The van der Waals surface area contributed by atoms with Gasteiger partial charge in [-0.15, -0.1) is 11.3 Å². The van der Waals surface area contributed by atoms with Crippen LogP contribution in [0.1, 0.15) is 32.4 Å². The Morgan fingerprint density at radius 3 is 2.67 bits per heavy atom. The predicted molar refractivity (Wildman–Crippen MR) is 163 cm³/mol. The lowest BCUT2D eigenvalue weighted by molar-refractivity contribution is 0.244. The maximum absolute atomic E-state index is 14.4. The van der Waals surface area contributed by atoms with Gasteiger partial charge in [-0.1, -0.05) is 29.8 Å². The molecule has 9 nitrogen and oxygen atoms in total. The molecule has 0 spiro atoms. The van der Waals surface area contributed by atoms with Crippen LogP contribution in [0.15, 0.2) is 65.0 Å². The van der Waals surface area contributed by atoms with Crippen LogP contribution in [-0.2, 0) is 0 Å². The normalized spacial score (nSPS) is 12.2. The van der Waals surface area contributed by atoms with Gasteiger partial charge in [-0.05, 0) is 67.8 Å². The zero-order valence-corrected chi connectivity index (χ0v) is 24.2. The van der Waals surface area contributed by atoms with E-state index in [1.165, 1.54) is 34.2 Å². The number of benzene rings is 2. The van der Waals surface area contributed by atoms with Crippen LogP contribution in [-0.4, -0.2) is 30.3 Å². The van der Waals surface area contributed by atoms with Gasteiger partial charge in [-0.3, -0.25) is 9.20 Å². The Balaban J connectivity index is 1.59.